The van der Waals surface area contributed by atoms with E-state index in [1.165, 1.54) is 0 Å². The fraction of sp³-hybridized carbons (Fsp3) is 0.923. The van der Waals surface area contributed by atoms with Gasteiger partial charge in [0.15, 0.2) is 5.17 Å². The van der Waals surface area contributed by atoms with Gasteiger partial charge in [-0.2, -0.15) is 0 Å². The van der Waals surface area contributed by atoms with E-state index in [1.807, 2.05) is 0 Å². The molecule has 0 spiro atoms. The molecular formula is C13H22N2O2S. The van der Waals surface area contributed by atoms with E-state index < -0.39 is 0 Å². The molecule has 0 bridgehead atoms. The monoisotopic (exact) mass is 270 g/mol. The number of amidine groups is 1. The van der Waals surface area contributed by atoms with Gasteiger partial charge in [-0.25, -0.2) is 0 Å². The first-order valence-corrected chi connectivity index (χ1v) is 7.69. The van der Waals surface area contributed by atoms with Crippen molar-refractivity contribution in [2.45, 2.75) is 56.1 Å². The minimum absolute atomic E-state index is 0.0231. The molecule has 102 valence electrons. The van der Waals surface area contributed by atoms with Crippen molar-refractivity contribution >= 4 is 16.9 Å². The Morgan fingerprint density at radius 2 is 2.22 bits per heavy atom. The van der Waals surface area contributed by atoms with Crippen LogP contribution in [0.2, 0.25) is 0 Å². The number of thioether (sulfide) groups is 1. The normalized spacial score (nSPS) is 43.3. The molecule has 18 heavy (non-hydrogen) atoms. The molecular weight excluding hydrogens is 248 g/mol. The molecule has 0 saturated carbocycles. The van der Waals surface area contributed by atoms with Crippen molar-refractivity contribution in [3.63, 3.8) is 0 Å². The zero-order valence-corrected chi connectivity index (χ0v) is 11.9. The highest BCUT2D eigenvalue weighted by atomic mass is 32.2. The van der Waals surface area contributed by atoms with Crippen LogP contribution in [0.3, 0.4) is 0 Å². The Morgan fingerprint density at radius 3 is 2.94 bits per heavy atom. The van der Waals surface area contributed by atoms with Crippen molar-refractivity contribution in [3.8, 4) is 0 Å². The van der Waals surface area contributed by atoms with Gasteiger partial charge in [0, 0.05) is 17.8 Å². The smallest absolute Gasteiger partial charge is 0.154 e. The second-order valence-corrected chi connectivity index (χ2v) is 7.30. The van der Waals surface area contributed by atoms with Crippen molar-refractivity contribution < 1.29 is 9.47 Å². The fourth-order valence-electron chi connectivity index (χ4n) is 3.28. The number of fused-ring (bicyclic) bond motifs is 1. The van der Waals surface area contributed by atoms with E-state index in [9.17, 15) is 0 Å². The van der Waals surface area contributed by atoms with Gasteiger partial charge in [0.1, 0.15) is 0 Å². The number of aliphatic imine (C=N–C) groups is 1. The predicted octanol–water partition coefficient (Wildman–Crippen LogP) is 1.78. The number of hydrogen-bond acceptors (Lipinski definition) is 5. The van der Waals surface area contributed by atoms with Crippen LogP contribution in [0.4, 0.5) is 0 Å². The molecule has 0 radical (unpaired) electrons. The highest BCUT2D eigenvalue weighted by molar-refractivity contribution is 8.14. The maximum absolute atomic E-state index is 6.21. The summed E-state index contributed by atoms with van der Waals surface area (Å²) in [6.45, 7) is 5.93. The zero-order chi connectivity index (χ0) is 12.8. The number of hydrogen-bond donors (Lipinski definition) is 1. The molecule has 2 saturated heterocycles. The summed E-state index contributed by atoms with van der Waals surface area (Å²) in [5, 5.41) is 1.17. The SMILES string of the molecule is CC1(C)CCC(C2SC(N)=NC3COCCC32)O1. The van der Waals surface area contributed by atoms with Crippen molar-refractivity contribution in [2.75, 3.05) is 13.2 Å². The lowest BCUT2D eigenvalue weighted by atomic mass is 9.88. The third-order valence-corrected chi connectivity index (χ3v) is 5.49. The van der Waals surface area contributed by atoms with Gasteiger partial charge < -0.3 is 15.2 Å². The van der Waals surface area contributed by atoms with Crippen LogP contribution in [0.1, 0.15) is 33.1 Å². The van der Waals surface area contributed by atoms with Crippen LogP contribution < -0.4 is 5.73 Å². The van der Waals surface area contributed by atoms with E-state index in [-0.39, 0.29) is 11.6 Å². The Hall–Kier alpha value is -0.260. The summed E-state index contributed by atoms with van der Waals surface area (Å²) in [6, 6.07) is 0.248. The topological polar surface area (TPSA) is 56.8 Å². The second-order valence-electron chi connectivity index (χ2n) is 6.10. The first-order chi connectivity index (χ1) is 8.55. The van der Waals surface area contributed by atoms with Gasteiger partial charge in [0.2, 0.25) is 0 Å². The molecule has 2 N–H and O–H groups in total. The summed E-state index contributed by atoms with van der Waals surface area (Å²) < 4.78 is 11.7. The Balaban J connectivity index is 1.77. The third-order valence-electron chi connectivity index (χ3n) is 4.22. The third kappa shape index (κ3) is 2.40. The lowest BCUT2D eigenvalue weighted by Gasteiger charge is -2.40. The van der Waals surface area contributed by atoms with Crippen molar-refractivity contribution in [1.82, 2.24) is 0 Å². The number of rotatable bonds is 1. The largest absolute Gasteiger partial charge is 0.379 e. The maximum atomic E-state index is 6.21. The lowest BCUT2D eigenvalue weighted by molar-refractivity contribution is -0.0334. The quantitative estimate of drug-likeness (QED) is 0.789. The average molecular weight is 270 g/mol. The van der Waals surface area contributed by atoms with Gasteiger partial charge in [-0.1, -0.05) is 11.8 Å². The van der Waals surface area contributed by atoms with E-state index in [2.05, 4.69) is 18.8 Å². The number of nitrogens with two attached hydrogens (primary N) is 1. The Bertz CT molecular complexity index is 359. The minimum Gasteiger partial charge on any atom is -0.379 e. The van der Waals surface area contributed by atoms with Gasteiger partial charge in [-0.3, -0.25) is 4.99 Å². The molecule has 0 aromatic carbocycles. The minimum atomic E-state index is 0.0231. The zero-order valence-electron chi connectivity index (χ0n) is 11.1. The molecule has 3 rings (SSSR count). The highest BCUT2D eigenvalue weighted by Crippen LogP contribution is 2.42. The number of ether oxygens (including phenoxy) is 2. The molecule has 0 aromatic heterocycles. The maximum Gasteiger partial charge on any atom is 0.154 e. The van der Waals surface area contributed by atoms with Crippen LogP contribution >= 0.6 is 11.8 Å². The van der Waals surface area contributed by atoms with Crippen LogP contribution in [0, 0.1) is 5.92 Å². The first kappa shape index (κ1) is 12.8. The Morgan fingerprint density at radius 1 is 1.39 bits per heavy atom. The summed E-state index contributed by atoms with van der Waals surface area (Å²) in [7, 11) is 0. The highest BCUT2D eigenvalue weighted by Gasteiger charge is 2.45. The van der Waals surface area contributed by atoms with Crippen LogP contribution in [-0.4, -0.2) is 41.4 Å². The van der Waals surface area contributed by atoms with Crippen LogP contribution in [0.25, 0.3) is 0 Å². The van der Waals surface area contributed by atoms with E-state index in [4.69, 9.17) is 15.2 Å². The van der Waals surface area contributed by atoms with Crippen molar-refractivity contribution in [1.29, 1.82) is 0 Å². The summed E-state index contributed by atoms with van der Waals surface area (Å²) in [6.07, 6.45) is 3.69. The van der Waals surface area contributed by atoms with Crippen LogP contribution in [0.15, 0.2) is 4.99 Å². The van der Waals surface area contributed by atoms with Gasteiger partial charge in [0.25, 0.3) is 0 Å². The molecule has 3 aliphatic rings. The molecule has 0 amide bonds. The van der Waals surface area contributed by atoms with Crippen molar-refractivity contribution in [3.05, 3.63) is 0 Å². The predicted molar refractivity (Wildman–Crippen MR) is 73.9 cm³/mol. The van der Waals surface area contributed by atoms with Gasteiger partial charge in [0.05, 0.1) is 24.4 Å². The summed E-state index contributed by atoms with van der Waals surface area (Å²) in [5.41, 5.74) is 5.99. The van der Waals surface area contributed by atoms with Crippen LogP contribution in [0.5, 0.6) is 0 Å². The van der Waals surface area contributed by atoms with Crippen LogP contribution in [-0.2, 0) is 9.47 Å². The second kappa shape index (κ2) is 4.69. The van der Waals surface area contributed by atoms with E-state index in [0.717, 1.165) is 32.5 Å². The average Bonchev–Trinajstić information content (AvgIpc) is 2.68. The molecule has 3 aliphatic heterocycles. The van der Waals surface area contributed by atoms with E-state index in [1.54, 1.807) is 11.8 Å². The fourth-order valence-corrected chi connectivity index (χ4v) is 4.59. The van der Waals surface area contributed by atoms with Crippen molar-refractivity contribution in [2.24, 2.45) is 16.6 Å². The molecule has 2 fully saturated rings. The van der Waals surface area contributed by atoms with Gasteiger partial charge >= 0.3 is 0 Å². The molecule has 4 atom stereocenters. The first-order valence-electron chi connectivity index (χ1n) is 6.81. The summed E-state index contributed by atoms with van der Waals surface area (Å²) in [5.74, 6) is 0.565. The molecule has 4 nitrogen and oxygen atoms in total. The Labute approximate surface area is 113 Å². The van der Waals surface area contributed by atoms with E-state index >= 15 is 0 Å². The molecule has 0 aromatic rings. The molecule has 4 unspecified atom stereocenters. The standard InChI is InChI=1S/C13H22N2O2S/c1-13(2)5-3-10(17-13)11-8-4-6-16-7-9(8)15-12(14)18-11/h8-11H,3-7H2,1-2H3,(H2,14,15). The molecule has 3 heterocycles. The summed E-state index contributed by atoms with van der Waals surface area (Å²) >= 11 is 1.72. The number of nitrogens with zero attached hydrogens (tertiary/aromatic N) is 1. The summed E-state index contributed by atoms with van der Waals surface area (Å²) in [4.78, 5) is 4.54. The Kier molecular flexibility index (Phi) is 3.32. The molecule has 0 aliphatic carbocycles. The molecule has 5 heteroatoms. The van der Waals surface area contributed by atoms with E-state index in [0.29, 0.717) is 22.4 Å². The van der Waals surface area contributed by atoms with Gasteiger partial charge in [-0.15, -0.1) is 0 Å². The van der Waals surface area contributed by atoms with Gasteiger partial charge in [-0.05, 0) is 33.1 Å². The lowest BCUT2D eigenvalue weighted by Crippen LogP contribution is -2.47.